The smallest absolute Gasteiger partial charge is 0.186 e. The number of methoxy groups -OCH3 is 1. The first kappa shape index (κ1) is 12.3. The fraction of sp³-hybridized carbons (Fsp3) is 0.167. The summed E-state index contributed by atoms with van der Waals surface area (Å²) in [7, 11) is 1.66. The Morgan fingerprint density at radius 3 is 3.11 bits per heavy atom. The summed E-state index contributed by atoms with van der Waals surface area (Å²) < 4.78 is 8.14. The molecule has 7 heteroatoms. The van der Waals surface area contributed by atoms with Crippen molar-refractivity contribution in [3.8, 4) is 5.75 Å². The lowest BCUT2D eigenvalue weighted by Gasteiger charge is -2.12. The molecule has 0 spiro atoms. The number of imidazole rings is 1. The fourth-order valence-corrected chi connectivity index (χ4v) is 2.96. The number of hydrogen-bond donors (Lipinski definition) is 2. The van der Waals surface area contributed by atoms with Gasteiger partial charge in [0.1, 0.15) is 5.75 Å². The molecule has 0 aliphatic heterocycles. The second kappa shape index (κ2) is 5.10. The number of thiol groups is 1. The monoisotopic (exact) mass is 292 g/mol. The van der Waals surface area contributed by atoms with Crippen molar-refractivity contribution in [1.29, 1.82) is 0 Å². The van der Waals surface area contributed by atoms with Crippen LogP contribution in [-0.2, 0) is 0 Å². The molecule has 3 rings (SSSR count). The van der Waals surface area contributed by atoms with Gasteiger partial charge in [0.25, 0.3) is 0 Å². The summed E-state index contributed by atoms with van der Waals surface area (Å²) >= 11 is 6.04. The average Bonchev–Trinajstić information content (AvgIpc) is 3.06. The Morgan fingerprint density at radius 1 is 1.47 bits per heavy atom. The van der Waals surface area contributed by atoms with Crippen molar-refractivity contribution in [2.24, 2.45) is 0 Å². The van der Waals surface area contributed by atoms with Gasteiger partial charge in [-0.25, -0.2) is 9.97 Å². The minimum absolute atomic E-state index is 0.190. The van der Waals surface area contributed by atoms with Crippen LogP contribution in [-0.4, -0.2) is 21.6 Å². The molecule has 2 aromatic heterocycles. The van der Waals surface area contributed by atoms with Crippen molar-refractivity contribution in [2.45, 2.75) is 5.50 Å². The van der Waals surface area contributed by atoms with E-state index in [0.29, 0.717) is 0 Å². The van der Waals surface area contributed by atoms with E-state index in [1.165, 1.54) is 0 Å². The van der Waals surface area contributed by atoms with Crippen molar-refractivity contribution in [3.63, 3.8) is 0 Å². The van der Waals surface area contributed by atoms with Crippen molar-refractivity contribution in [2.75, 3.05) is 12.4 Å². The molecule has 1 aromatic carbocycles. The molecule has 19 heavy (non-hydrogen) atoms. The standard InChI is InChI=1S/C12H12N4OS2/c1-17-8-2-3-9-10(6-8)19-11(14-9)15-12(18)16-5-4-13-7-16/h2-7,12,18H,1H3,(H,14,15). The number of thiazole rings is 1. The summed E-state index contributed by atoms with van der Waals surface area (Å²) in [5.74, 6) is 0.833. The number of benzene rings is 1. The molecule has 0 saturated heterocycles. The van der Waals surface area contributed by atoms with Gasteiger partial charge in [-0.2, -0.15) is 0 Å². The molecule has 0 aliphatic carbocycles. The zero-order valence-corrected chi connectivity index (χ0v) is 11.9. The van der Waals surface area contributed by atoms with E-state index in [-0.39, 0.29) is 5.50 Å². The summed E-state index contributed by atoms with van der Waals surface area (Å²) in [6, 6.07) is 5.82. The molecule has 0 fully saturated rings. The first-order chi connectivity index (χ1) is 9.26. The Hall–Kier alpha value is -1.73. The Morgan fingerprint density at radius 2 is 2.37 bits per heavy atom. The highest BCUT2D eigenvalue weighted by molar-refractivity contribution is 7.80. The highest BCUT2D eigenvalue weighted by Gasteiger charge is 2.09. The lowest BCUT2D eigenvalue weighted by molar-refractivity contribution is 0.415. The Kier molecular flexibility index (Phi) is 3.31. The Balaban J connectivity index is 1.85. The van der Waals surface area contributed by atoms with E-state index < -0.39 is 0 Å². The van der Waals surface area contributed by atoms with Crippen molar-refractivity contribution >= 4 is 39.3 Å². The summed E-state index contributed by atoms with van der Waals surface area (Å²) in [6.07, 6.45) is 5.27. The lowest BCUT2D eigenvalue weighted by Crippen LogP contribution is -2.10. The molecular formula is C12H12N4OS2. The van der Waals surface area contributed by atoms with Crippen LogP contribution in [0, 0.1) is 0 Å². The summed E-state index contributed by atoms with van der Waals surface area (Å²) in [4.78, 5) is 8.50. The second-order valence-electron chi connectivity index (χ2n) is 3.88. The first-order valence-corrected chi connectivity index (χ1v) is 6.96. The maximum atomic E-state index is 5.20. The van der Waals surface area contributed by atoms with Crippen LogP contribution in [0.1, 0.15) is 5.50 Å². The zero-order valence-electron chi connectivity index (χ0n) is 10.1. The Bertz CT molecular complexity index is 680. The van der Waals surface area contributed by atoms with Crippen LogP contribution in [0.2, 0.25) is 0 Å². The summed E-state index contributed by atoms with van der Waals surface area (Å²) in [5.41, 5.74) is 0.754. The molecule has 0 aliphatic rings. The van der Waals surface area contributed by atoms with Gasteiger partial charge >= 0.3 is 0 Å². The SMILES string of the molecule is COc1ccc2nc(NC(S)n3ccnc3)sc2c1. The fourth-order valence-electron chi connectivity index (χ4n) is 1.69. The molecule has 5 nitrogen and oxygen atoms in total. The topological polar surface area (TPSA) is 52.0 Å². The number of nitrogens with one attached hydrogen (secondary N) is 1. The lowest BCUT2D eigenvalue weighted by atomic mass is 10.3. The van der Waals surface area contributed by atoms with Crippen LogP contribution in [0.3, 0.4) is 0 Å². The van der Waals surface area contributed by atoms with Crippen LogP contribution in [0.4, 0.5) is 5.13 Å². The zero-order chi connectivity index (χ0) is 13.2. The van der Waals surface area contributed by atoms with E-state index >= 15 is 0 Å². The van der Waals surface area contributed by atoms with E-state index in [0.717, 1.165) is 21.1 Å². The molecule has 98 valence electrons. The molecule has 1 atom stereocenters. The Labute approximate surface area is 119 Å². The van der Waals surface area contributed by atoms with Crippen LogP contribution in [0.5, 0.6) is 5.75 Å². The molecule has 1 unspecified atom stereocenters. The van der Waals surface area contributed by atoms with Gasteiger partial charge in [0.05, 0.1) is 23.7 Å². The number of ether oxygens (including phenoxy) is 1. The van der Waals surface area contributed by atoms with Gasteiger partial charge in [0, 0.05) is 12.4 Å². The van der Waals surface area contributed by atoms with Crippen LogP contribution in [0.25, 0.3) is 10.2 Å². The normalized spacial score (nSPS) is 12.5. The van der Waals surface area contributed by atoms with Gasteiger partial charge < -0.3 is 14.6 Å². The quantitative estimate of drug-likeness (QED) is 0.573. The van der Waals surface area contributed by atoms with Gasteiger partial charge in [0.2, 0.25) is 0 Å². The van der Waals surface area contributed by atoms with Crippen LogP contribution < -0.4 is 10.1 Å². The largest absolute Gasteiger partial charge is 0.497 e. The minimum atomic E-state index is -0.190. The van der Waals surface area contributed by atoms with E-state index in [1.54, 1.807) is 31.0 Å². The molecule has 0 radical (unpaired) electrons. The third-order valence-corrected chi connectivity index (χ3v) is 4.00. The van der Waals surface area contributed by atoms with E-state index in [9.17, 15) is 0 Å². The summed E-state index contributed by atoms with van der Waals surface area (Å²) in [5, 5.41) is 4.04. The number of rotatable bonds is 4. The third-order valence-electron chi connectivity index (χ3n) is 2.66. The van der Waals surface area contributed by atoms with Gasteiger partial charge in [-0.1, -0.05) is 11.3 Å². The summed E-state index contributed by atoms with van der Waals surface area (Å²) in [6.45, 7) is 0. The molecule has 2 heterocycles. The number of nitrogens with zero attached hydrogens (tertiary/aromatic N) is 3. The van der Waals surface area contributed by atoms with Crippen LogP contribution >= 0.6 is 24.0 Å². The second-order valence-corrected chi connectivity index (χ2v) is 5.40. The van der Waals surface area contributed by atoms with Gasteiger partial charge in [0.15, 0.2) is 10.6 Å². The number of hydrogen-bond acceptors (Lipinski definition) is 6. The first-order valence-electron chi connectivity index (χ1n) is 5.63. The molecule has 0 bridgehead atoms. The number of aromatic nitrogens is 3. The molecule has 3 aromatic rings. The van der Waals surface area contributed by atoms with E-state index in [2.05, 4.69) is 27.9 Å². The molecule has 1 N–H and O–H groups in total. The van der Waals surface area contributed by atoms with Crippen molar-refractivity contribution in [1.82, 2.24) is 14.5 Å². The molecule has 0 saturated carbocycles. The van der Waals surface area contributed by atoms with Crippen molar-refractivity contribution in [3.05, 3.63) is 36.9 Å². The molecule has 0 amide bonds. The van der Waals surface area contributed by atoms with E-state index in [4.69, 9.17) is 4.74 Å². The third kappa shape index (κ3) is 2.52. The number of anilines is 1. The van der Waals surface area contributed by atoms with Gasteiger partial charge in [-0.05, 0) is 18.2 Å². The average molecular weight is 292 g/mol. The van der Waals surface area contributed by atoms with Crippen molar-refractivity contribution < 1.29 is 4.74 Å². The molecular weight excluding hydrogens is 280 g/mol. The van der Waals surface area contributed by atoms with Gasteiger partial charge in [-0.3, -0.25) is 0 Å². The van der Waals surface area contributed by atoms with Gasteiger partial charge in [-0.15, -0.1) is 12.6 Å². The minimum Gasteiger partial charge on any atom is -0.497 e. The number of fused-ring (bicyclic) bond motifs is 1. The maximum Gasteiger partial charge on any atom is 0.186 e. The van der Waals surface area contributed by atoms with E-state index in [1.807, 2.05) is 29.0 Å². The predicted molar refractivity (Wildman–Crippen MR) is 80.0 cm³/mol. The highest BCUT2D eigenvalue weighted by atomic mass is 32.1. The maximum absolute atomic E-state index is 5.20. The highest BCUT2D eigenvalue weighted by Crippen LogP contribution is 2.30. The van der Waals surface area contributed by atoms with Crippen LogP contribution in [0.15, 0.2) is 36.9 Å². The predicted octanol–water partition coefficient (Wildman–Crippen LogP) is 3.00.